The number of esters is 1. The number of hydrogen-bond donors (Lipinski definition) is 4. The van der Waals surface area contributed by atoms with E-state index in [1.807, 2.05) is 0 Å². The average molecular weight is 527 g/mol. The molecular formula is C25H37N3O9. The highest BCUT2D eigenvalue weighted by Gasteiger charge is 2.25. The molecule has 12 heteroatoms. The number of carboxylic acids is 1. The summed E-state index contributed by atoms with van der Waals surface area (Å²) in [6.07, 6.45) is -2.57. The molecule has 0 heterocycles. The molecule has 2 atom stereocenters. The monoisotopic (exact) mass is 526 g/mol. The normalized spacial score (nSPS) is 14.9. The largest absolute Gasteiger partial charge is 0.480 e. The Bertz CT molecular complexity index is 1000. The van der Waals surface area contributed by atoms with Crippen LogP contribution in [0.15, 0.2) is 30.3 Å². The van der Waals surface area contributed by atoms with E-state index in [0.29, 0.717) is 5.56 Å². The zero-order valence-electron chi connectivity index (χ0n) is 23.5. The van der Waals surface area contributed by atoms with Crippen LogP contribution >= 0.6 is 0 Å². The number of unbranched alkanes of at least 4 members (excludes halogenated alkanes) is 1. The molecular weight excluding hydrogens is 487 g/mol. The van der Waals surface area contributed by atoms with E-state index in [1.165, 1.54) is 0 Å². The first-order valence-corrected chi connectivity index (χ1v) is 11.7. The minimum Gasteiger partial charge on any atom is -0.480 e. The molecule has 0 aliphatic carbocycles. The van der Waals surface area contributed by atoms with Gasteiger partial charge in [-0.2, -0.15) is 0 Å². The number of carbonyl (C=O) groups excluding carboxylic acids is 4. The summed E-state index contributed by atoms with van der Waals surface area (Å²) in [6, 6.07) is 4.18. The lowest BCUT2D eigenvalue weighted by Crippen LogP contribution is -2.44. The van der Waals surface area contributed by atoms with Gasteiger partial charge in [0.05, 0.1) is 9.85 Å². The Hall–Kier alpha value is -3.83. The second-order valence-corrected chi connectivity index (χ2v) is 8.87. The maximum absolute atomic E-state index is 12.2. The maximum Gasteiger partial charge on any atom is 0.408 e. The molecule has 0 saturated carbocycles. The fourth-order valence-corrected chi connectivity index (χ4v) is 2.85. The van der Waals surface area contributed by atoms with Crippen LogP contribution in [-0.4, -0.2) is 66.4 Å². The number of amides is 3. The molecule has 0 spiro atoms. The van der Waals surface area contributed by atoms with Gasteiger partial charge in [-0.15, -0.1) is 0 Å². The summed E-state index contributed by atoms with van der Waals surface area (Å²) in [5.74, 6) is -3.16. The van der Waals surface area contributed by atoms with E-state index in [2.05, 4.69) is 20.7 Å². The summed E-state index contributed by atoms with van der Waals surface area (Å²) >= 11 is 0. The van der Waals surface area contributed by atoms with Crippen LogP contribution in [0.1, 0.15) is 61.2 Å². The van der Waals surface area contributed by atoms with E-state index in [0.717, 1.165) is 7.11 Å². The van der Waals surface area contributed by atoms with Crippen molar-refractivity contribution >= 4 is 30.0 Å². The van der Waals surface area contributed by atoms with Crippen molar-refractivity contribution in [1.82, 2.24) is 16.0 Å². The van der Waals surface area contributed by atoms with Gasteiger partial charge < -0.3 is 35.3 Å². The first-order valence-electron chi connectivity index (χ1n) is 12.7. The van der Waals surface area contributed by atoms with Gasteiger partial charge in [-0.05, 0) is 52.0 Å². The van der Waals surface area contributed by atoms with Gasteiger partial charge >= 0.3 is 24.1 Å². The first kappa shape index (κ1) is 27.8. The van der Waals surface area contributed by atoms with Gasteiger partial charge in [0.15, 0.2) is 0 Å². The Labute approximate surface area is 219 Å². The van der Waals surface area contributed by atoms with E-state index >= 15 is 0 Å². The summed E-state index contributed by atoms with van der Waals surface area (Å²) in [5, 5.41) is 16.2. The minimum absolute atomic E-state index is 0.0860. The van der Waals surface area contributed by atoms with Crippen molar-refractivity contribution in [2.45, 2.75) is 77.1 Å². The van der Waals surface area contributed by atoms with Crippen LogP contribution in [0.3, 0.4) is 0 Å². The highest BCUT2D eigenvalue weighted by Crippen LogP contribution is 2.09. The Morgan fingerprint density at radius 2 is 1.62 bits per heavy atom. The second-order valence-electron chi connectivity index (χ2n) is 8.87. The smallest absolute Gasteiger partial charge is 0.408 e. The van der Waals surface area contributed by atoms with Crippen LogP contribution < -0.4 is 16.0 Å². The Balaban J connectivity index is 2.48. The number of carbonyl (C=O) groups is 5. The second kappa shape index (κ2) is 16.0. The van der Waals surface area contributed by atoms with Crippen LogP contribution in [-0.2, 0) is 35.2 Å². The van der Waals surface area contributed by atoms with E-state index < -0.39 is 54.1 Å². The number of rotatable bonds is 14. The van der Waals surface area contributed by atoms with Crippen molar-refractivity contribution in [3.63, 3.8) is 0 Å². The van der Waals surface area contributed by atoms with Gasteiger partial charge in [-0.1, -0.05) is 30.3 Å². The summed E-state index contributed by atoms with van der Waals surface area (Å²) < 4.78 is 31.0. The van der Waals surface area contributed by atoms with Crippen LogP contribution in [0.5, 0.6) is 0 Å². The Morgan fingerprint density at radius 3 is 2.22 bits per heavy atom. The number of benzene rings is 1. The molecule has 0 aromatic heterocycles. The van der Waals surface area contributed by atoms with Gasteiger partial charge in [0.25, 0.3) is 0 Å². The number of methoxy groups -OCH3 is 1. The highest BCUT2D eigenvalue weighted by atomic mass is 16.6. The van der Waals surface area contributed by atoms with E-state index in [-0.39, 0.29) is 38.8 Å². The first-order chi connectivity index (χ1) is 18.1. The predicted molar refractivity (Wildman–Crippen MR) is 132 cm³/mol. The predicted octanol–water partition coefficient (Wildman–Crippen LogP) is 2.50. The lowest BCUT2D eigenvalue weighted by atomic mass is 10.1. The fourth-order valence-electron chi connectivity index (χ4n) is 2.85. The third-order valence-corrected chi connectivity index (χ3v) is 4.59. The quantitative estimate of drug-likeness (QED) is 0.123. The average Bonchev–Trinajstić information content (AvgIpc) is 2.84. The Kier molecular flexibility index (Phi) is 12.0. The third-order valence-electron chi connectivity index (χ3n) is 4.59. The van der Waals surface area contributed by atoms with Crippen LogP contribution in [0.25, 0.3) is 0 Å². The molecule has 0 radical (unpaired) electrons. The summed E-state index contributed by atoms with van der Waals surface area (Å²) in [5.41, 5.74) is -0.169. The fraction of sp³-hybridized carbons (Fsp3) is 0.560. The van der Waals surface area contributed by atoms with Gasteiger partial charge in [0.2, 0.25) is 5.91 Å². The molecule has 0 unspecified atom stereocenters. The van der Waals surface area contributed by atoms with Crippen LogP contribution in [0.4, 0.5) is 9.59 Å². The maximum atomic E-state index is 12.2. The molecule has 0 aliphatic heterocycles. The molecule has 206 valence electrons. The molecule has 3 amide bonds. The number of nitrogens with one attached hydrogen (secondary N) is 3. The molecule has 1 rings (SSSR count). The van der Waals surface area contributed by atoms with Crippen LogP contribution in [0.2, 0.25) is 0 Å². The van der Waals surface area contributed by atoms with Gasteiger partial charge in [0.1, 0.15) is 24.2 Å². The number of ether oxygens (including phenoxy) is 3. The molecule has 0 fully saturated rings. The summed E-state index contributed by atoms with van der Waals surface area (Å²) in [7, 11) is 1.05. The molecule has 0 saturated heterocycles. The van der Waals surface area contributed by atoms with E-state index in [4.69, 9.17) is 12.2 Å². The number of carboxylic acid groups (broad SMARTS) is 1. The Morgan fingerprint density at radius 1 is 0.973 bits per heavy atom. The highest BCUT2D eigenvalue weighted by molar-refractivity contribution is 5.83. The molecule has 4 N–H and O–H groups in total. The van der Waals surface area contributed by atoms with E-state index in [1.54, 1.807) is 51.1 Å². The topological polar surface area (TPSA) is 169 Å². The van der Waals surface area contributed by atoms with E-state index in [9.17, 15) is 29.1 Å². The lowest BCUT2D eigenvalue weighted by Gasteiger charge is -2.22. The van der Waals surface area contributed by atoms with Gasteiger partial charge in [0, 0.05) is 13.0 Å². The van der Waals surface area contributed by atoms with Gasteiger partial charge in [-0.25, -0.2) is 19.2 Å². The van der Waals surface area contributed by atoms with Crippen LogP contribution in [0, 0.1) is 0 Å². The zero-order chi connectivity index (χ0) is 29.7. The molecule has 0 bridgehead atoms. The molecule has 12 nitrogen and oxygen atoms in total. The van der Waals surface area contributed by atoms with Gasteiger partial charge in [-0.3, -0.25) is 4.79 Å². The number of hydrogen-bond acceptors (Lipinski definition) is 8. The third kappa shape index (κ3) is 14.4. The molecule has 37 heavy (non-hydrogen) atoms. The van der Waals surface area contributed by atoms with Crippen molar-refractivity contribution in [1.29, 1.82) is 0 Å². The molecule has 1 aromatic rings. The minimum atomic E-state index is -2.32. The summed E-state index contributed by atoms with van der Waals surface area (Å²) in [4.78, 5) is 59.9. The number of alkyl carbamates (subject to hydrolysis) is 2. The summed E-state index contributed by atoms with van der Waals surface area (Å²) in [6.45, 7) is 4.85. The number of aliphatic carboxylic acids is 1. The lowest BCUT2D eigenvalue weighted by molar-refractivity contribution is -0.143. The zero-order valence-corrected chi connectivity index (χ0v) is 21.5. The SMILES string of the molecule is [2H][C@@](CCCC[15NH]C(=O)CC[C@]([2H])(NC(=O)OC(C)(C)C)C(=O)OC)(NC(=O)OCc1ccccc1)C(=O)O. The standard InChI is InChI=1S/C25H37N3O9/c1-25(2,3)37-24(34)28-19(22(32)35-4)13-14-20(29)26-15-9-8-12-18(21(30)31)27-23(33)36-16-17-10-6-5-7-11-17/h5-7,10-11,18-19H,8-9,12-16H2,1-4H3,(H,26,29)(H,27,33)(H,28,34)(H,30,31)/t18-,19-/m0/s1/i18D,19D,26+1. The van der Waals surface area contributed by atoms with Crippen molar-refractivity contribution in [2.24, 2.45) is 0 Å². The molecule has 1 aromatic carbocycles. The van der Waals surface area contributed by atoms with Crippen molar-refractivity contribution in [2.75, 3.05) is 13.7 Å². The van der Waals surface area contributed by atoms with Crippen molar-refractivity contribution < 1.29 is 46.0 Å². The van der Waals surface area contributed by atoms with Crippen molar-refractivity contribution in [3.05, 3.63) is 35.9 Å². The van der Waals surface area contributed by atoms with Crippen molar-refractivity contribution in [3.8, 4) is 0 Å². The molecule has 0 aliphatic rings.